The second kappa shape index (κ2) is 7.19. The number of aliphatic hydroxyl groups is 1. The van der Waals surface area contributed by atoms with E-state index in [2.05, 4.69) is 72.7 Å². The van der Waals surface area contributed by atoms with E-state index in [1.165, 1.54) is 44.1 Å². The number of nitrogens with zero attached hydrogens (tertiary/aromatic N) is 1. The number of hydrogen-bond donors (Lipinski definition) is 1. The molecule has 2 fully saturated rings. The monoisotopic (exact) mass is 437 g/mol. The molecular formula is C29H43NO2. The van der Waals surface area contributed by atoms with Gasteiger partial charge in [0, 0.05) is 11.0 Å². The molecular weight excluding hydrogens is 394 g/mol. The summed E-state index contributed by atoms with van der Waals surface area (Å²) < 4.78 is 0. The Balaban J connectivity index is 1.65. The second-order valence-electron chi connectivity index (χ2n) is 13.1. The fourth-order valence-electron chi connectivity index (χ4n) is 7.24. The predicted molar refractivity (Wildman–Crippen MR) is 132 cm³/mol. The number of ketones is 1. The van der Waals surface area contributed by atoms with Gasteiger partial charge in [-0.3, -0.25) is 4.79 Å². The highest BCUT2D eigenvalue weighted by Crippen LogP contribution is 2.71. The Morgan fingerprint density at radius 2 is 1.69 bits per heavy atom. The summed E-state index contributed by atoms with van der Waals surface area (Å²) in [7, 11) is 4.39. The zero-order chi connectivity index (χ0) is 23.7. The summed E-state index contributed by atoms with van der Waals surface area (Å²) in [4.78, 5) is 14.7. The van der Waals surface area contributed by atoms with E-state index in [4.69, 9.17) is 0 Å². The highest BCUT2D eigenvalue weighted by Gasteiger charge is 2.61. The van der Waals surface area contributed by atoms with Crippen LogP contribution in [0.15, 0.2) is 46.8 Å². The van der Waals surface area contributed by atoms with Crippen molar-refractivity contribution in [2.75, 3.05) is 14.1 Å². The Kier molecular flexibility index (Phi) is 5.29. The number of aliphatic hydroxyl groups excluding tert-OH is 1. The van der Waals surface area contributed by atoms with E-state index < -0.39 is 0 Å². The molecule has 0 aromatic rings. The van der Waals surface area contributed by atoms with Gasteiger partial charge in [-0.25, -0.2) is 0 Å². The zero-order valence-corrected chi connectivity index (χ0v) is 21.6. The molecule has 3 nitrogen and oxygen atoms in total. The first-order valence-electron chi connectivity index (χ1n) is 12.4. The zero-order valence-electron chi connectivity index (χ0n) is 21.6. The van der Waals surface area contributed by atoms with Crippen LogP contribution in [0, 0.1) is 21.7 Å². The average molecular weight is 438 g/mol. The molecule has 4 rings (SSSR count). The van der Waals surface area contributed by atoms with Gasteiger partial charge in [-0.05, 0) is 112 Å². The smallest absolute Gasteiger partial charge is 0.220 e. The summed E-state index contributed by atoms with van der Waals surface area (Å²) in [5.41, 5.74) is 4.50. The molecule has 0 aromatic heterocycles. The molecule has 2 saturated carbocycles. The Morgan fingerprint density at radius 3 is 2.34 bits per heavy atom. The summed E-state index contributed by atoms with van der Waals surface area (Å²) in [6.07, 6.45) is 16.3. The van der Waals surface area contributed by atoms with E-state index >= 15 is 0 Å². The topological polar surface area (TPSA) is 40.5 Å². The van der Waals surface area contributed by atoms with E-state index in [1.54, 1.807) is 12.2 Å². The van der Waals surface area contributed by atoms with Crippen LogP contribution in [-0.2, 0) is 4.79 Å². The maximum Gasteiger partial charge on any atom is 0.220 e. The van der Waals surface area contributed by atoms with E-state index in [-0.39, 0.29) is 33.3 Å². The number of fused-ring (bicyclic) bond motifs is 5. The van der Waals surface area contributed by atoms with Crippen LogP contribution in [0.3, 0.4) is 0 Å². The molecule has 4 aliphatic rings. The Hall–Kier alpha value is -1.61. The minimum atomic E-state index is -0.252. The highest BCUT2D eigenvalue weighted by atomic mass is 16.3. The summed E-state index contributed by atoms with van der Waals surface area (Å²) in [5, 5.41) is 9.98. The fraction of sp³-hybridized carbons (Fsp3) is 0.690. The lowest BCUT2D eigenvalue weighted by molar-refractivity contribution is -0.113. The largest absolute Gasteiger partial charge is 0.504 e. The Labute approximate surface area is 195 Å². The molecule has 0 unspecified atom stereocenters. The normalized spacial score (nSPS) is 39.3. The highest BCUT2D eigenvalue weighted by molar-refractivity contribution is 6.05. The van der Waals surface area contributed by atoms with Crippen molar-refractivity contribution in [1.29, 1.82) is 0 Å². The molecule has 0 saturated heterocycles. The summed E-state index contributed by atoms with van der Waals surface area (Å²) in [5.74, 6) is -0.390. The fourth-order valence-corrected chi connectivity index (χ4v) is 7.24. The van der Waals surface area contributed by atoms with Crippen molar-refractivity contribution in [3.8, 4) is 0 Å². The van der Waals surface area contributed by atoms with Gasteiger partial charge in [-0.1, -0.05) is 45.4 Å². The number of allylic oxidation sites excluding steroid dienone is 7. The molecule has 0 amide bonds. The molecule has 0 bridgehead atoms. The van der Waals surface area contributed by atoms with Crippen molar-refractivity contribution < 1.29 is 9.90 Å². The van der Waals surface area contributed by atoms with E-state index in [0.29, 0.717) is 5.41 Å². The Bertz CT molecular complexity index is 964. The molecule has 176 valence electrons. The minimum absolute atomic E-state index is 0.119. The Morgan fingerprint density at radius 1 is 1.00 bits per heavy atom. The summed E-state index contributed by atoms with van der Waals surface area (Å²) in [6.45, 7) is 14.6. The third kappa shape index (κ3) is 3.38. The third-order valence-electron chi connectivity index (χ3n) is 10.4. The van der Waals surface area contributed by atoms with Crippen LogP contribution >= 0.6 is 0 Å². The average Bonchev–Trinajstić information content (AvgIpc) is 2.70. The lowest BCUT2D eigenvalue weighted by Gasteiger charge is -2.64. The van der Waals surface area contributed by atoms with E-state index in [0.717, 1.165) is 17.6 Å². The quantitative estimate of drug-likeness (QED) is 0.518. The standard InChI is InChI=1S/C29H43NO2/c1-25(2,30(7)8)11-12-26(3)13-16-29(6)24-10-9-20-17-22(31)23(32)18-21(20)28(24,5)15-14-27(29,4)19-26/h9-10,17-18,31H,11-16,19H2,1-8H3/t26-,27+,28+,29-/m1/s1. The minimum Gasteiger partial charge on any atom is -0.504 e. The molecule has 1 N–H and O–H groups in total. The van der Waals surface area contributed by atoms with Crippen LogP contribution in [0.2, 0.25) is 0 Å². The van der Waals surface area contributed by atoms with Gasteiger partial charge in [0.15, 0.2) is 5.76 Å². The molecule has 4 aliphatic carbocycles. The van der Waals surface area contributed by atoms with Gasteiger partial charge in [0.1, 0.15) is 0 Å². The van der Waals surface area contributed by atoms with Gasteiger partial charge in [-0.15, -0.1) is 0 Å². The molecule has 0 aliphatic heterocycles. The number of hydrogen-bond acceptors (Lipinski definition) is 3. The molecule has 4 atom stereocenters. The second-order valence-corrected chi connectivity index (χ2v) is 13.1. The first kappa shape index (κ1) is 23.5. The molecule has 0 spiro atoms. The van der Waals surface area contributed by atoms with Crippen molar-refractivity contribution in [1.82, 2.24) is 4.90 Å². The molecule has 32 heavy (non-hydrogen) atoms. The van der Waals surface area contributed by atoms with Crippen molar-refractivity contribution >= 4 is 5.78 Å². The molecule has 0 heterocycles. The van der Waals surface area contributed by atoms with E-state index in [1.807, 2.05) is 0 Å². The van der Waals surface area contributed by atoms with Crippen LogP contribution in [0.1, 0.15) is 86.5 Å². The number of carbonyl (C=O) groups is 1. The number of carbonyl (C=O) groups excluding carboxylic acids is 1. The van der Waals surface area contributed by atoms with Gasteiger partial charge in [0.05, 0.1) is 0 Å². The van der Waals surface area contributed by atoms with Gasteiger partial charge in [0.2, 0.25) is 5.78 Å². The summed E-state index contributed by atoms with van der Waals surface area (Å²) in [6, 6.07) is 0. The van der Waals surface area contributed by atoms with Crippen molar-refractivity contribution in [3.63, 3.8) is 0 Å². The molecule has 0 aromatic carbocycles. The third-order valence-corrected chi connectivity index (χ3v) is 10.4. The molecule has 0 radical (unpaired) electrons. The first-order valence-corrected chi connectivity index (χ1v) is 12.4. The van der Waals surface area contributed by atoms with Crippen LogP contribution in [0.5, 0.6) is 0 Å². The van der Waals surface area contributed by atoms with Crippen LogP contribution in [0.25, 0.3) is 0 Å². The van der Waals surface area contributed by atoms with Gasteiger partial charge >= 0.3 is 0 Å². The van der Waals surface area contributed by atoms with Crippen molar-refractivity contribution in [3.05, 3.63) is 46.8 Å². The molecule has 3 heteroatoms. The first-order chi connectivity index (χ1) is 14.7. The van der Waals surface area contributed by atoms with Crippen LogP contribution in [-0.4, -0.2) is 35.4 Å². The number of rotatable bonds is 4. The lowest BCUT2D eigenvalue weighted by atomic mass is 9.40. The maximum absolute atomic E-state index is 12.3. The van der Waals surface area contributed by atoms with Crippen LogP contribution in [0.4, 0.5) is 0 Å². The van der Waals surface area contributed by atoms with Crippen molar-refractivity contribution in [2.24, 2.45) is 21.7 Å². The van der Waals surface area contributed by atoms with E-state index in [9.17, 15) is 9.90 Å². The maximum atomic E-state index is 12.3. The van der Waals surface area contributed by atoms with Gasteiger partial charge in [0.25, 0.3) is 0 Å². The predicted octanol–water partition coefficient (Wildman–Crippen LogP) is 6.93. The van der Waals surface area contributed by atoms with Crippen LogP contribution < -0.4 is 0 Å². The van der Waals surface area contributed by atoms with Crippen molar-refractivity contribution in [2.45, 2.75) is 92.0 Å². The van der Waals surface area contributed by atoms with Gasteiger partial charge < -0.3 is 10.0 Å². The SMILES string of the molecule is CN(C)C(C)(C)CC[C@]1(C)CC[C@]2(C)C3=CC=C4C=C(O)C(=O)C=C4[C@]3(C)CC[C@@]2(C)C1. The lowest BCUT2D eigenvalue weighted by Crippen LogP contribution is -2.55. The van der Waals surface area contributed by atoms with Gasteiger partial charge in [-0.2, -0.15) is 0 Å². The summed E-state index contributed by atoms with van der Waals surface area (Å²) >= 11 is 0.